The molecule has 21 heavy (non-hydrogen) atoms. The fourth-order valence-corrected chi connectivity index (χ4v) is 2.85. The molecule has 3 rings (SSSR count). The van der Waals surface area contributed by atoms with Crippen LogP contribution in [0.25, 0.3) is 0 Å². The first-order valence-corrected chi connectivity index (χ1v) is 7.35. The predicted molar refractivity (Wildman–Crippen MR) is 79.1 cm³/mol. The van der Waals surface area contributed by atoms with Gasteiger partial charge in [0.05, 0.1) is 18.2 Å². The first-order chi connectivity index (χ1) is 10.1. The van der Waals surface area contributed by atoms with Crippen LogP contribution in [-0.4, -0.2) is 22.8 Å². The van der Waals surface area contributed by atoms with Crippen LogP contribution in [0.15, 0.2) is 40.5 Å². The molecule has 1 aromatic heterocycles. The highest BCUT2D eigenvalue weighted by molar-refractivity contribution is 7.07. The summed E-state index contributed by atoms with van der Waals surface area (Å²) in [6.07, 6.45) is 0.127. The van der Waals surface area contributed by atoms with Gasteiger partial charge in [0.2, 0.25) is 5.91 Å². The van der Waals surface area contributed by atoms with Crippen molar-refractivity contribution in [2.24, 2.45) is 0 Å². The number of aromatic amines is 1. The summed E-state index contributed by atoms with van der Waals surface area (Å²) < 4.78 is 0. The van der Waals surface area contributed by atoms with E-state index in [2.05, 4.69) is 10.3 Å². The van der Waals surface area contributed by atoms with Gasteiger partial charge in [-0.25, -0.2) is 4.90 Å². The zero-order valence-electron chi connectivity index (χ0n) is 11.0. The number of benzene rings is 1. The number of thiazole rings is 1. The Morgan fingerprint density at radius 3 is 2.67 bits per heavy atom. The van der Waals surface area contributed by atoms with E-state index in [0.29, 0.717) is 17.9 Å². The molecule has 1 aliphatic heterocycles. The number of H-pyrrole nitrogens is 1. The molecule has 2 amide bonds. The normalized spacial score (nSPS) is 18.5. The van der Waals surface area contributed by atoms with Gasteiger partial charge in [-0.05, 0) is 12.1 Å². The summed E-state index contributed by atoms with van der Waals surface area (Å²) in [6, 6.07) is 8.31. The zero-order valence-corrected chi connectivity index (χ0v) is 11.9. The highest BCUT2D eigenvalue weighted by atomic mass is 32.1. The lowest BCUT2D eigenvalue weighted by Gasteiger charge is -2.15. The minimum atomic E-state index is -0.555. The number of aromatic nitrogens is 1. The van der Waals surface area contributed by atoms with Crippen molar-refractivity contribution in [3.63, 3.8) is 0 Å². The third-order valence-corrected chi connectivity index (χ3v) is 3.99. The average Bonchev–Trinajstić information content (AvgIpc) is 3.01. The van der Waals surface area contributed by atoms with Crippen molar-refractivity contribution in [1.82, 2.24) is 10.3 Å². The highest BCUT2D eigenvalue weighted by Crippen LogP contribution is 2.22. The smallest absolute Gasteiger partial charge is 0.304 e. The van der Waals surface area contributed by atoms with E-state index in [-0.39, 0.29) is 23.1 Å². The third kappa shape index (κ3) is 2.79. The van der Waals surface area contributed by atoms with Crippen LogP contribution in [-0.2, 0) is 16.1 Å². The van der Waals surface area contributed by atoms with Crippen LogP contribution in [0.4, 0.5) is 5.69 Å². The topological polar surface area (TPSA) is 82.3 Å². The number of amides is 2. The van der Waals surface area contributed by atoms with Gasteiger partial charge in [-0.3, -0.25) is 19.7 Å². The lowest BCUT2D eigenvalue weighted by atomic mass is 10.2. The van der Waals surface area contributed by atoms with Crippen LogP contribution in [0.2, 0.25) is 0 Å². The molecule has 1 unspecified atom stereocenters. The molecule has 0 spiro atoms. The summed E-state index contributed by atoms with van der Waals surface area (Å²) >= 11 is 1.07. The molecule has 7 heteroatoms. The predicted octanol–water partition coefficient (Wildman–Crippen LogP) is 0.858. The summed E-state index contributed by atoms with van der Waals surface area (Å²) in [4.78, 5) is 39.1. The molecule has 0 saturated carbocycles. The van der Waals surface area contributed by atoms with Crippen LogP contribution in [0, 0.1) is 0 Å². The van der Waals surface area contributed by atoms with Crippen molar-refractivity contribution in [1.29, 1.82) is 0 Å². The maximum absolute atomic E-state index is 12.3. The molecule has 6 nitrogen and oxygen atoms in total. The number of nitrogens with zero attached hydrogens (tertiary/aromatic N) is 1. The van der Waals surface area contributed by atoms with E-state index in [0.717, 1.165) is 11.3 Å². The van der Waals surface area contributed by atoms with E-state index in [4.69, 9.17) is 0 Å². The fourth-order valence-electron chi connectivity index (χ4n) is 2.27. The Labute approximate surface area is 124 Å². The number of para-hydroxylation sites is 1. The zero-order chi connectivity index (χ0) is 14.8. The Balaban J connectivity index is 1.70. The highest BCUT2D eigenvalue weighted by Gasteiger charge is 2.39. The van der Waals surface area contributed by atoms with Gasteiger partial charge in [-0.2, -0.15) is 0 Å². The molecular weight excluding hydrogens is 290 g/mol. The number of rotatable bonds is 4. The van der Waals surface area contributed by atoms with Gasteiger partial charge in [0, 0.05) is 17.6 Å². The van der Waals surface area contributed by atoms with Gasteiger partial charge in [0.1, 0.15) is 0 Å². The number of imide groups is 1. The molecule has 2 aromatic rings. The second kappa shape index (κ2) is 5.63. The number of carbonyl (C=O) groups excluding carboxylic acids is 2. The fraction of sp³-hybridized carbons (Fsp3) is 0.214. The number of hydrogen-bond acceptors (Lipinski definition) is 5. The lowest BCUT2D eigenvalue weighted by Crippen LogP contribution is -2.38. The maximum atomic E-state index is 12.3. The first kappa shape index (κ1) is 13.7. The van der Waals surface area contributed by atoms with Gasteiger partial charge >= 0.3 is 4.87 Å². The van der Waals surface area contributed by atoms with E-state index in [1.165, 1.54) is 4.90 Å². The SMILES string of the molecule is O=C1CC(NCc2csc(=O)[nH]2)C(=O)N1c1ccccc1. The van der Waals surface area contributed by atoms with Gasteiger partial charge in [0.25, 0.3) is 5.91 Å². The van der Waals surface area contributed by atoms with Crippen LogP contribution in [0.5, 0.6) is 0 Å². The number of nitrogens with one attached hydrogen (secondary N) is 2. The average molecular weight is 303 g/mol. The molecule has 0 bridgehead atoms. The Morgan fingerprint density at radius 1 is 1.24 bits per heavy atom. The molecule has 1 aliphatic rings. The van der Waals surface area contributed by atoms with E-state index in [1.807, 2.05) is 6.07 Å². The quantitative estimate of drug-likeness (QED) is 0.821. The first-order valence-electron chi connectivity index (χ1n) is 6.47. The van der Waals surface area contributed by atoms with E-state index in [9.17, 15) is 14.4 Å². The molecule has 0 radical (unpaired) electrons. The van der Waals surface area contributed by atoms with E-state index >= 15 is 0 Å². The van der Waals surface area contributed by atoms with E-state index in [1.54, 1.807) is 29.6 Å². The molecule has 1 saturated heterocycles. The molecular formula is C14H13N3O3S. The molecule has 2 heterocycles. The van der Waals surface area contributed by atoms with Gasteiger partial charge in [0.15, 0.2) is 0 Å². The number of carbonyl (C=O) groups is 2. The lowest BCUT2D eigenvalue weighted by molar-refractivity contribution is -0.121. The monoisotopic (exact) mass is 303 g/mol. The van der Waals surface area contributed by atoms with Gasteiger partial charge in [-0.1, -0.05) is 29.5 Å². The summed E-state index contributed by atoms with van der Waals surface area (Å²) in [5.41, 5.74) is 1.30. The van der Waals surface area contributed by atoms with Gasteiger partial charge in [-0.15, -0.1) is 0 Å². The second-order valence-corrected chi connectivity index (χ2v) is 5.56. The van der Waals surface area contributed by atoms with Crippen molar-refractivity contribution in [3.8, 4) is 0 Å². The molecule has 0 aliphatic carbocycles. The second-order valence-electron chi connectivity index (χ2n) is 4.71. The van der Waals surface area contributed by atoms with Crippen molar-refractivity contribution in [2.75, 3.05) is 4.90 Å². The summed E-state index contributed by atoms with van der Waals surface area (Å²) in [7, 11) is 0. The molecule has 1 fully saturated rings. The summed E-state index contributed by atoms with van der Waals surface area (Å²) in [5.74, 6) is -0.480. The minimum Gasteiger partial charge on any atom is -0.315 e. The minimum absolute atomic E-state index is 0.127. The summed E-state index contributed by atoms with van der Waals surface area (Å²) in [5, 5.41) is 4.72. The summed E-state index contributed by atoms with van der Waals surface area (Å²) in [6.45, 7) is 0.352. The third-order valence-electron chi connectivity index (χ3n) is 3.27. The Hall–Kier alpha value is -2.25. The molecule has 108 valence electrons. The number of anilines is 1. The van der Waals surface area contributed by atoms with Crippen molar-refractivity contribution < 1.29 is 9.59 Å². The van der Waals surface area contributed by atoms with Crippen LogP contribution < -0.4 is 15.1 Å². The van der Waals surface area contributed by atoms with Crippen molar-refractivity contribution in [2.45, 2.75) is 19.0 Å². The van der Waals surface area contributed by atoms with Crippen LogP contribution in [0.3, 0.4) is 0 Å². The van der Waals surface area contributed by atoms with Crippen LogP contribution in [0.1, 0.15) is 12.1 Å². The number of hydrogen-bond donors (Lipinski definition) is 2. The molecule has 1 atom stereocenters. The Kier molecular flexibility index (Phi) is 3.68. The standard InChI is InChI=1S/C14H13N3O3S/c18-12-6-11(15-7-9-8-21-14(20)16-9)13(19)17(12)10-4-2-1-3-5-10/h1-5,8,11,15H,6-7H2,(H,16,20). The van der Waals surface area contributed by atoms with Gasteiger partial charge < -0.3 is 4.98 Å². The maximum Gasteiger partial charge on any atom is 0.304 e. The van der Waals surface area contributed by atoms with Crippen molar-refractivity contribution in [3.05, 3.63) is 51.1 Å². The Bertz CT molecular complexity index is 722. The Morgan fingerprint density at radius 2 is 2.00 bits per heavy atom. The van der Waals surface area contributed by atoms with Crippen LogP contribution >= 0.6 is 11.3 Å². The largest absolute Gasteiger partial charge is 0.315 e. The van der Waals surface area contributed by atoms with E-state index < -0.39 is 6.04 Å². The molecule has 1 aromatic carbocycles. The molecule has 2 N–H and O–H groups in total. The van der Waals surface area contributed by atoms with Crippen molar-refractivity contribution >= 4 is 28.8 Å².